The number of hydrogen-bond acceptors (Lipinski definition) is 4. The third kappa shape index (κ3) is 1.11. The molecule has 2 bridgehead atoms. The molecular weight excluding hydrogens is 214 g/mol. The van der Waals surface area contributed by atoms with Crippen LogP contribution in [-0.2, 0) is 0 Å². The SMILES string of the molecule is N#CC1Sc2nc3c(cccc3[nH]2)S1. The van der Waals surface area contributed by atoms with Gasteiger partial charge < -0.3 is 4.98 Å². The lowest BCUT2D eigenvalue weighted by Gasteiger charge is -2.05. The van der Waals surface area contributed by atoms with Gasteiger partial charge in [-0.25, -0.2) is 4.98 Å². The van der Waals surface area contributed by atoms with Crippen LogP contribution >= 0.6 is 23.5 Å². The fraction of sp³-hybridized carbons (Fsp3) is 0.111. The molecule has 1 aliphatic rings. The maximum absolute atomic E-state index is 8.91. The number of nitrogens with zero attached hydrogens (tertiary/aromatic N) is 2. The molecule has 3 rings (SSSR count). The van der Waals surface area contributed by atoms with Crippen molar-refractivity contribution < 1.29 is 0 Å². The van der Waals surface area contributed by atoms with E-state index in [0.717, 1.165) is 21.1 Å². The van der Waals surface area contributed by atoms with E-state index in [4.69, 9.17) is 5.26 Å². The van der Waals surface area contributed by atoms with E-state index < -0.39 is 0 Å². The zero-order valence-electron chi connectivity index (χ0n) is 7.02. The summed E-state index contributed by atoms with van der Waals surface area (Å²) in [5, 5.41) is 9.74. The molecule has 0 amide bonds. The highest BCUT2D eigenvalue weighted by molar-refractivity contribution is 8.17. The van der Waals surface area contributed by atoms with Crippen molar-refractivity contribution in [2.45, 2.75) is 14.6 Å². The van der Waals surface area contributed by atoms with Gasteiger partial charge in [-0.3, -0.25) is 0 Å². The van der Waals surface area contributed by atoms with Gasteiger partial charge in [0.05, 0.1) is 11.6 Å². The first-order chi connectivity index (χ1) is 6.86. The molecular formula is C9H5N3S2. The van der Waals surface area contributed by atoms with Crippen LogP contribution in [0.5, 0.6) is 0 Å². The lowest BCUT2D eigenvalue weighted by atomic mass is 10.3. The van der Waals surface area contributed by atoms with Gasteiger partial charge in [-0.1, -0.05) is 29.6 Å². The summed E-state index contributed by atoms with van der Waals surface area (Å²) in [6.07, 6.45) is 0. The summed E-state index contributed by atoms with van der Waals surface area (Å²) in [5.41, 5.74) is 2.03. The van der Waals surface area contributed by atoms with E-state index in [1.54, 1.807) is 11.8 Å². The molecule has 0 saturated heterocycles. The highest BCUT2D eigenvalue weighted by atomic mass is 32.2. The molecule has 1 aromatic heterocycles. The summed E-state index contributed by atoms with van der Waals surface area (Å²) in [6, 6.07) is 8.24. The smallest absolute Gasteiger partial charge is 0.168 e. The number of fused-ring (bicyclic) bond motifs is 1. The monoisotopic (exact) mass is 219 g/mol. The minimum absolute atomic E-state index is 0.0990. The van der Waals surface area contributed by atoms with Crippen LogP contribution < -0.4 is 0 Å². The third-order valence-corrected chi connectivity index (χ3v) is 4.23. The maximum Gasteiger partial charge on any atom is 0.168 e. The Hall–Kier alpha value is -1.12. The van der Waals surface area contributed by atoms with Gasteiger partial charge in [0.2, 0.25) is 0 Å². The summed E-state index contributed by atoms with van der Waals surface area (Å²) in [4.78, 5) is 8.70. The number of aromatic nitrogens is 2. The van der Waals surface area contributed by atoms with Crippen molar-refractivity contribution in [3.8, 4) is 6.07 Å². The molecule has 0 radical (unpaired) electrons. The summed E-state index contributed by atoms with van der Waals surface area (Å²) >= 11 is 3.04. The van der Waals surface area contributed by atoms with Gasteiger partial charge in [-0.15, -0.1) is 0 Å². The Morgan fingerprint density at radius 3 is 3.21 bits per heavy atom. The van der Waals surface area contributed by atoms with Crippen molar-refractivity contribution in [2.24, 2.45) is 0 Å². The Morgan fingerprint density at radius 2 is 2.36 bits per heavy atom. The molecule has 1 aliphatic heterocycles. The van der Waals surface area contributed by atoms with Crippen LogP contribution in [-0.4, -0.2) is 14.5 Å². The van der Waals surface area contributed by atoms with E-state index >= 15 is 0 Å². The second-order valence-corrected chi connectivity index (χ2v) is 5.43. The molecule has 1 atom stereocenters. The second kappa shape index (κ2) is 2.94. The lowest BCUT2D eigenvalue weighted by Crippen LogP contribution is -1.92. The highest BCUT2D eigenvalue weighted by Crippen LogP contribution is 2.41. The molecule has 14 heavy (non-hydrogen) atoms. The van der Waals surface area contributed by atoms with Crippen molar-refractivity contribution in [2.75, 3.05) is 0 Å². The van der Waals surface area contributed by atoms with E-state index in [2.05, 4.69) is 16.0 Å². The fourth-order valence-electron chi connectivity index (χ4n) is 1.43. The zero-order valence-corrected chi connectivity index (χ0v) is 8.65. The van der Waals surface area contributed by atoms with Gasteiger partial charge in [0.25, 0.3) is 0 Å². The zero-order chi connectivity index (χ0) is 9.54. The number of aromatic amines is 1. The number of thioether (sulfide) groups is 2. The average Bonchev–Trinajstić information content (AvgIpc) is 2.51. The predicted octanol–water partition coefficient (Wildman–Crippen LogP) is 2.61. The first kappa shape index (κ1) is 8.21. The molecule has 0 aliphatic carbocycles. The predicted molar refractivity (Wildman–Crippen MR) is 57.2 cm³/mol. The van der Waals surface area contributed by atoms with Crippen LogP contribution in [0.15, 0.2) is 28.3 Å². The van der Waals surface area contributed by atoms with Gasteiger partial charge in [-0.05, 0) is 12.1 Å². The molecule has 1 aromatic carbocycles. The minimum atomic E-state index is -0.0990. The highest BCUT2D eigenvalue weighted by Gasteiger charge is 2.20. The van der Waals surface area contributed by atoms with E-state index in [-0.39, 0.29) is 4.58 Å². The average molecular weight is 219 g/mol. The summed E-state index contributed by atoms with van der Waals surface area (Å²) in [5.74, 6) is 0. The Balaban J connectivity index is 2.28. The molecule has 3 nitrogen and oxygen atoms in total. The first-order valence-corrected chi connectivity index (χ1v) is 5.84. The van der Waals surface area contributed by atoms with Gasteiger partial charge in [0.1, 0.15) is 10.1 Å². The van der Waals surface area contributed by atoms with Crippen molar-refractivity contribution in [1.29, 1.82) is 5.26 Å². The Kier molecular flexibility index (Phi) is 1.72. The van der Waals surface area contributed by atoms with Crippen LogP contribution in [0, 0.1) is 11.3 Å². The van der Waals surface area contributed by atoms with Gasteiger partial charge in [0, 0.05) is 4.90 Å². The number of nitrogens with one attached hydrogen (secondary N) is 1. The molecule has 0 fully saturated rings. The Morgan fingerprint density at radius 1 is 1.43 bits per heavy atom. The molecule has 2 aromatic rings. The maximum atomic E-state index is 8.91. The van der Waals surface area contributed by atoms with Gasteiger partial charge >= 0.3 is 0 Å². The number of H-pyrrole nitrogens is 1. The Bertz CT molecular complexity index is 540. The summed E-state index contributed by atoms with van der Waals surface area (Å²) in [7, 11) is 0. The quantitative estimate of drug-likeness (QED) is 0.740. The van der Waals surface area contributed by atoms with Crippen LogP contribution in [0.25, 0.3) is 11.0 Å². The van der Waals surface area contributed by atoms with E-state index in [1.807, 2.05) is 18.2 Å². The number of rotatable bonds is 0. The Labute approximate surface area is 88.9 Å². The summed E-state index contributed by atoms with van der Waals surface area (Å²) < 4.78 is -0.0990. The standard InChI is InChI=1S/C9H5N3S2/c10-4-7-13-6-3-1-2-5-8(6)12-9(11-5)14-7/h1-3,7H,(H,11,12). The van der Waals surface area contributed by atoms with Crippen molar-refractivity contribution in [1.82, 2.24) is 9.97 Å². The topological polar surface area (TPSA) is 52.5 Å². The fourth-order valence-corrected chi connectivity index (χ4v) is 3.48. The number of imidazole rings is 1. The van der Waals surface area contributed by atoms with Crippen LogP contribution in [0.3, 0.4) is 0 Å². The molecule has 0 saturated carbocycles. The molecule has 1 unspecified atom stereocenters. The van der Waals surface area contributed by atoms with Crippen molar-refractivity contribution in [3.63, 3.8) is 0 Å². The normalized spacial score (nSPS) is 19.5. The van der Waals surface area contributed by atoms with E-state index in [9.17, 15) is 0 Å². The van der Waals surface area contributed by atoms with Gasteiger partial charge in [-0.2, -0.15) is 5.26 Å². The molecule has 1 N–H and O–H groups in total. The number of benzene rings is 1. The second-order valence-electron chi connectivity index (χ2n) is 2.89. The lowest BCUT2D eigenvalue weighted by molar-refractivity contribution is 1.08. The van der Waals surface area contributed by atoms with Crippen molar-refractivity contribution in [3.05, 3.63) is 18.2 Å². The number of nitriles is 1. The van der Waals surface area contributed by atoms with E-state index in [0.29, 0.717) is 0 Å². The van der Waals surface area contributed by atoms with Crippen molar-refractivity contribution >= 4 is 34.6 Å². The van der Waals surface area contributed by atoms with Gasteiger partial charge in [0.15, 0.2) is 5.16 Å². The third-order valence-electron chi connectivity index (χ3n) is 2.01. The minimum Gasteiger partial charge on any atom is -0.333 e. The van der Waals surface area contributed by atoms with Crippen LogP contribution in [0.4, 0.5) is 0 Å². The first-order valence-electron chi connectivity index (χ1n) is 4.08. The van der Waals surface area contributed by atoms with Crippen LogP contribution in [0.2, 0.25) is 0 Å². The number of para-hydroxylation sites is 1. The molecule has 0 spiro atoms. The largest absolute Gasteiger partial charge is 0.333 e. The molecule has 5 heteroatoms. The van der Waals surface area contributed by atoms with E-state index in [1.165, 1.54) is 11.8 Å². The van der Waals surface area contributed by atoms with Crippen LogP contribution in [0.1, 0.15) is 0 Å². The molecule has 2 heterocycles. The summed E-state index contributed by atoms with van der Waals surface area (Å²) in [6.45, 7) is 0. The molecule has 68 valence electrons. The number of hydrogen-bond donors (Lipinski definition) is 1.